The Morgan fingerprint density at radius 3 is 2.63 bits per heavy atom. The van der Waals surface area contributed by atoms with Crippen molar-refractivity contribution in [2.75, 3.05) is 6.54 Å². The van der Waals surface area contributed by atoms with Crippen LogP contribution in [0.15, 0.2) is 51.6 Å². The van der Waals surface area contributed by atoms with E-state index < -0.39 is 5.60 Å². The fourth-order valence-corrected chi connectivity index (χ4v) is 1.92. The van der Waals surface area contributed by atoms with Crippen LogP contribution in [-0.4, -0.2) is 17.6 Å². The van der Waals surface area contributed by atoms with Gasteiger partial charge in [-0.05, 0) is 36.8 Å². The summed E-state index contributed by atoms with van der Waals surface area (Å²) in [4.78, 5) is 11.7. The van der Waals surface area contributed by atoms with Gasteiger partial charge in [-0.25, -0.2) is 0 Å². The van der Waals surface area contributed by atoms with Crippen LogP contribution in [0.2, 0.25) is 0 Å². The molecule has 0 saturated heterocycles. The van der Waals surface area contributed by atoms with E-state index in [1.165, 1.54) is 6.26 Å². The summed E-state index contributed by atoms with van der Waals surface area (Å²) in [5.41, 5.74) is -0.404. The molecule has 0 aliphatic carbocycles. The molecule has 0 radical (unpaired) electrons. The van der Waals surface area contributed by atoms with Gasteiger partial charge in [0.2, 0.25) is 0 Å². The standard InChI is InChI=1S/C14H14BrNO3/c1-14(18,10-4-6-11(15)7-5-10)9-16-13(17)12-3-2-8-19-12/h2-8,18H,9H2,1H3,(H,16,17). The predicted molar refractivity (Wildman–Crippen MR) is 74.8 cm³/mol. The number of furan rings is 1. The summed E-state index contributed by atoms with van der Waals surface area (Å²) in [7, 11) is 0. The van der Waals surface area contributed by atoms with Crippen LogP contribution in [0.5, 0.6) is 0 Å². The Labute approximate surface area is 119 Å². The van der Waals surface area contributed by atoms with E-state index in [0.717, 1.165) is 10.0 Å². The highest BCUT2D eigenvalue weighted by molar-refractivity contribution is 9.10. The number of hydrogen-bond acceptors (Lipinski definition) is 3. The third-order valence-electron chi connectivity index (χ3n) is 2.80. The number of hydrogen-bond donors (Lipinski definition) is 2. The number of benzene rings is 1. The Bertz CT molecular complexity index is 547. The summed E-state index contributed by atoms with van der Waals surface area (Å²) >= 11 is 3.34. The third-order valence-corrected chi connectivity index (χ3v) is 3.33. The van der Waals surface area contributed by atoms with Crippen molar-refractivity contribution in [2.24, 2.45) is 0 Å². The highest BCUT2D eigenvalue weighted by Gasteiger charge is 2.24. The second kappa shape index (κ2) is 5.59. The van der Waals surface area contributed by atoms with Gasteiger partial charge in [-0.2, -0.15) is 0 Å². The average molecular weight is 324 g/mol. The van der Waals surface area contributed by atoms with Crippen LogP contribution in [0.4, 0.5) is 0 Å². The number of nitrogens with one attached hydrogen (secondary N) is 1. The highest BCUT2D eigenvalue weighted by atomic mass is 79.9. The lowest BCUT2D eigenvalue weighted by Gasteiger charge is -2.24. The van der Waals surface area contributed by atoms with E-state index in [9.17, 15) is 9.90 Å². The minimum Gasteiger partial charge on any atom is -0.459 e. The average Bonchev–Trinajstić information content (AvgIpc) is 2.90. The van der Waals surface area contributed by atoms with Crippen molar-refractivity contribution >= 4 is 21.8 Å². The number of amides is 1. The molecule has 100 valence electrons. The number of carbonyl (C=O) groups excluding carboxylic acids is 1. The van der Waals surface area contributed by atoms with E-state index in [-0.39, 0.29) is 18.2 Å². The van der Waals surface area contributed by atoms with Crippen LogP contribution >= 0.6 is 15.9 Å². The molecule has 0 fully saturated rings. The zero-order chi connectivity index (χ0) is 13.9. The first-order chi connectivity index (χ1) is 8.99. The maximum absolute atomic E-state index is 11.7. The number of halogens is 1. The molecule has 2 rings (SSSR count). The topological polar surface area (TPSA) is 62.5 Å². The maximum Gasteiger partial charge on any atom is 0.287 e. The monoisotopic (exact) mass is 323 g/mol. The summed E-state index contributed by atoms with van der Waals surface area (Å²) in [5.74, 6) is -0.117. The molecule has 1 aromatic heterocycles. The Balaban J connectivity index is 2.01. The van der Waals surface area contributed by atoms with Crippen LogP contribution in [0.25, 0.3) is 0 Å². The molecule has 5 heteroatoms. The summed E-state index contributed by atoms with van der Waals surface area (Å²) in [6.45, 7) is 1.76. The van der Waals surface area contributed by atoms with Gasteiger partial charge >= 0.3 is 0 Å². The number of aliphatic hydroxyl groups is 1. The summed E-state index contributed by atoms with van der Waals surface area (Å²) in [6.07, 6.45) is 1.43. The van der Waals surface area contributed by atoms with Gasteiger partial charge in [-0.15, -0.1) is 0 Å². The van der Waals surface area contributed by atoms with E-state index >= 15 is 0 Å². The van der Waals surface area contributed by atoms with Crippen molar-refractivity contribution in [3.63, 3.8) is 0 Å². The molecule has 0 aliphatic heterocycles. The molecule has 0 bridgehead atoms. The second-order valence-electron chi connectivity index (χ2n) is 4.44. The van der Waals surface area contributed by atoms with Gasteiger partial charge in [0.05, 0.1) is 12.8 Å². The van der Waals surface area contributed by atoms with Gasteiger partial charge in [-0.1, -0.05) is 28.1 Å². The van der Waals surface area contributed by atoms with Crippen molar-refractivity contribution in [3.05, 3.63) is 58.5 Å². The van der Waals surface area contributed by atoms with Crippen LogP contribution in [0.1, 0.15) is 23.0 Å². The van der Waals surface area contributed by atoms with E-state index in [2.05, 4.69) is 21.2 Å². The molecule has 1 amide bonds. The lowest BCUT2D eigenvalue weighted by Crippen LogP contribution is -2.38. The van der Waals surface area contributed by atoms with Crippen molar-refractivity contribution in [3.8, 4) is 0 Å². The summed E-state index contributed by atoms with van der Waals surface area (Å²) < 4.78 is 5.92. The quantitative estimate of drug-likeness (QED) is 0.909. The molecule has 1 atom stereocenters. The first kappa shape index (κ1) is 13.8. The zero-order valence-electron chi connectivity index (χ0n) is 10.4. The zero-order valence-corrected chi connectivity index (χ0v) is 12.0. The van der Waals surface area contributed by atoms with Crippen LogP contribution < -0.4 is 5.32 Å². The minimum atomic E-state index is -1.14. The molecule has 2 N–H and O–H groups in total. The van der Waals surface area contributed by atoms with Gasteiger partial charge in [0.1, 0.15) is 5.60 Å². The Kier molecular flexibility index (Phi) is 4.07. The molecule has 1 heterocycles. The molecule has 0 spiro atoms. The molecule has 19 heavy (non-hydrogen) atoms. The largest absolute Gasteiger partial charge is 0.459 e. The lowest BCUT2D eigenvalue weighted by molar-refractivity contribution is 0.0518. The third kappa shape index (κ3) is 3.45. The number of carbonyl (C=O) groups is 1. The van der Waals surface area contributed by atoms with Crippen molar-refractivity contribution in [2.45, 2.75) is 12.5 Å². The van der Waals surface area contributed by atoms with Gasteiger partial charge in [-0.3, -0.25) is 4.79 Å². The molecule has 2 aromatic rings. The van der Waals surface area contributed by atoms with E-state index in [1.54, 1.807) is 19.1 Å². The highest BCUT2D eigenvalue weighted by Crippen LogP contribution is 2.22. The van der Waals surface area contributed by atoms with Crippen molar-refractivity contribution < 1.29 is 14.3 Å². The Hall–Kier alpha value is -1.59. The van der Waals surface area contributed by atoms with Crippen LogP contribution in [0.3, 0.4) is 0 Å². The van der Waals surface area contributed by atoms with Gasteiger partial charge in [0, 0.05) is 4.47 Å². The van der Waals surface area contributed by atoms with Crippen LogP contribution in [-0.2, 0) is 5.60 Å². The first-order valence-electron chi connectivity index (χ1n) is 5.79. The fraction of sp³-hybridized carbons (Fsp3) is 0.214. The summed E-state index contributed by atoms with van der Waals surface area (Å²) in [6, 6.07) is 10.5. The molecule has 0 aliphatic rings. The molecule has 1 aromatic carbocycles. The SMILES string of the molecule is CC(O)(CNC(=O)c1ccco1)c1ccc(Br)cc1. The van der Waals surface area contributed by atoms with Crippen molar-refractivity contribution in [1.29, 1.82) is 0 Å². The normalized spacial score (nSPS) is 13.8. The fourth-order valence-electron chi connectivity index (χ4n) is 1.66. The number of rotatable bonds is 4. The minimum absolute atomic E-state index is 0.105. The van der Waals surface area contributed by atoms with Gasteiger partial charge in [0.25, 0.3) is 5.91 Å². The van der Waals surface area contributed by atoms with E-state index in [1.807, 2.05) is 24.3 Å². The first-order valence-corrected chi connectivity index (χ1v) is 6.58. The maximum atomic E-state index is 11.7. The lowest BCUT2D eigenvalue weighted by atomic mass is 9.96. The molecular formula is C14H14BrNO3. The van der Waals surface area contributed by atoms with E-state index in [0.29, 0.717) is 0 Å². The predicted octanol–water partition coefficient (Wildman–Crippen LogP) is 2.68. The Morgan fingerprint density at radius 1 is 1.37 bits per heavy atom. The van der Waals surface area contributed by atoms with Gasteiger partial charge in [0.15, 0.2) is 5.76 Å². The molecule has 4 nitrogen and oxygen atoms in total. The Morgan fingerprint density at radius 2 is 2.05 bits per heavy atom. The second-order valence-corrected chi connectivity index (χ2v) is 5.36. The molecular weight excluding hydrogens is 310 g/mol. The van der Waals surface area contributed by atoms with Gasteiger partial charge < -0.3 is 14.8 Å². The van der Waals surface area contributed by atoms with Crippen molar-refractivity contribution in [1.82, 2.24) is 5.32 Å². The molecule has 0 saturated carbocycles. The van der Waals surface area contributed by atoms with Crippen LogP contribution in [0, 0.1) is 0 Å². The van der Waals surface area contributed by atoms with E-state index in [4.69, 9.17) is 4.42 Å². The smallest absolute Gasteiger partial charge is 0.287 e. The summed E-state index contributed by atoms with van der Waals surface area (Å²) in [5, 5.41) is 13.0. The molecule has 1 unspecified atom stereocenters.